The van der Waals surface area contributed by atoms with E-state index in [4.69, 9.17) is 4.74 Å². The Morgan fingerprint density at radius 3 is 2.70 bits per heavy atom. The summed E-state index contributed by atoms with van der Waals surface area (Å²) in [6, 6.07) is 20.7. The molecule has 0 bridgehead atoms. The van der Waals surface area contributed by atoms with E-state index in [2.05, 4.69) is 20.5 Å². The molecule has 3 aromatic carbocycles. The van der Waals surface area contributed by atoms with E-state index in [9.17, 15) is 18.3 Å². The molecule has 0 radical (unpaired) electrons. The molecule has 4 aromatic rings. The third-order valence-corrected chi connectivity index (χ3v) is 8.06. The molecule has 1 aliphatic heterocycles. The number of fused-ring (bicyclic) bond motifs is 1. The lowest BCUT2D eigenvalue weighted by Gasteiger charge is -2.27. The molecule has 12 heteroatoms. The summed E-state index contributed by atoms with van der Waals surface area (Å²) in [7, 11) is -3.90. The first kappa shape index (κ1) is 27.6. The number of anilines is 1. The van der Waals surface area contributed by atoms with Crippen LogP contribution in [0.5, 0.6) is 5.75 Å². The van der Waals surface area contributed by atoms with Gasteiger partial charge in [0.05, 0.1) is 22.4 Å². The minimum absolute atomic E-state index is 0.0857. The van der Waals surface area contributed by atoms with Crippen molar-refractivity contribution in [1.29, 1.82) is 0 Å². The number of nitrogens with zero attached hydrogens (tertiary/aromatic N) is 4. The van der Waals surface area contributed by atoms with Crippen molar-refractivity contribution < 1.29 is 18.3 Å². The van der Waals surface area contributed by atoms with Crippen LogP contribution in [0.1, 0.15) is 37.0 Å². The van der Waals surface area contributed by atoms with Crippen LogP contribution in [-0.4, -0.2) is 52.5 Å². The molecule has 0 saturated heterocycles. The monoisotopic (exact) mass is 564 g/mol. The van der Waals surface area contributed by atoms with Crippen molar-refractivity contribution in [3.63, 3.8) is 0 Å². The Balaban J connectivity index is 1.21. The van der Waals surface area contributed by atoms with Gasteiger partial charge in [-0.1, -0.05) is 43.3 Å². The Hall–Kier alpha value is -4.00. The minimum atomic E-state index is -3.90. The van der Waals surface area contributed by atoms with E-state index in [1.807, 2.05) is 37.3 Å². The van der Waals surface area contributed by atoms with E-state index >= 15 is 0 Å². The highest BCUT2D eigenvalue weighted by Crippen LogP contribution is 2.30. The second-order valence-electron chi connectivity index (χ2n) is 9.69. The van der Waals surface area contributed by atoms with Gasteiger partial charge in [0.2, 0.25) is 0 Å². The predicted molar refractivity (Wildman–Crippen MR) is 150 cm³/mol. The molecule has 0 saturated carbocycles. The fourth-order valence-electron chi connectivity index (χ4n) is 4.61. The highest BCUT2D eigenvalue weighted by atomic mass is 32.2. The number of ether oxygens (including phenoxy) is 1. The molecule has 5 rings (SSSR count). The second kappa shape index (κ2) is 12.0. The molecule has 3 N–H and O–H groups in total. The van der Waals surface area contributed by atoms with Crippen molar-refractivity contribution >= 4 is 15.7 Å². The number of rotatable bonds is 11. The van der Waals surface area contributed by atoms with Gasteiger partial charge in [-0.2, -0.15) is 9.36 Å². The quantitative estimate of drug-likeness (QED) is 0.253. The third kappa shape index (κ3) is 6.24. The molecule has 1 aromatic heterocycles. The van der Waals surface area contributed by atoms with Gasteiger partial charge in [0.15, 0.2) is 0 Å². The smallest absolute Gasteiger partial charge is 0.368 e. The van der Waals surface area contributed by atoms with Crippen molar-refractivity contribution in [2.24, 2.45) is 0 Å². The maximum atomic E-state index is 13.2. The van der Waals surface area contributed by atoms with Crippen molar-refractivity contribution in [3.05, 3.63) is 94.4 Å². The van der Waals surface area contributed by atoms with Crippen LogP contribution < -0.4 is 20.5 Å². The molecule has 0 amide bonds. The number of nitrogens with one attached hydrogen (secondary N) is 2. The fourth-order valence-corrected chi connectivity index (χ4v) is 5.71. The Kier molecular flexibility index (Phi) is 8.29. The molecular weight excluding hydrogens is 532 g/mol. The summed E-state index contributed by atoms with van der Waals surface area (Å²) in [5.74, 6) is 0.650. The van der Waals surface area contributed by atoms with Gasteiger partial charge in [-0.3, -0.25) is 4.72 Å². The number of benzene rings is 3. The fraction of sp³-hybridized carbons (Fsp3) is 0.321. The molecule has 0 aliphatic carbocycles. The van der Waals surface area contributed by atoms with Crippen molar-refractivity contribution in [2.45, 2.75) is 49.8 Å². The van der Waals surface area contributed by atoms with E-state index in [1.165, 1.54) is 16.8 Å². The van der Waals surface area contributed by atoms with E-state index in [-0.39, 0.29) is 11.0 Å². The van der Waals surface area contributed by atoms with Crippen LogP contribution in [0.15, 0.2) is 82.5 Å². The molecule has 2 heterocycles. The first-order valence-electron chi connectivity index (χ1n) is 13.2. The molecule has 2 unspecified atom stereocenters. The lowest BCUT2D eigenvalue weighted by molar-refractivity contribution is 0.146. The van der Waals surface area contributed by atoms with E-state index in [1.54, 1.807) is 30.3 Å². The highest BCUT2D eigenvalue weighted by Gasteiger charge is 2.23. The largest absolute Gasteiger partial charge is 0.489 e. The lowest BCUT2D eigenvalue weighted by atomic mass is 10.0. The first-order chi connectivity index (χ1) is 19.3. The maximum absolute atomic E-state index is 13.2. The SMILES string of the molecule is CCCn1nnn(-c2cccc(NS(=O)(=O)c3ccc4c(c3)CCC(CNCC(O)c3ccccc3)O4)c2)c1=O. The number of sulfonamides is 1. The van der Waals surface area contributed by atoms with Gasteiger partial charge in [0, 0.05) is 19.6 Å². The number of aliphatic hydroxyl groups excluding tert-OH is 1. The Morgan fingerprint density at radius 2 is 1.90 bits per heavy atom. The Bertz CT molecular complexity index is 1620. The number of hydrogen-bond donors (Lipinski definition) is 3. The van der Waals surface area contributed by atoms with Crippen molar-refractivity contribution in [1.82, 2.24) is 25.1 Å². The van der Waals surface area contributed by atoms with E-state index < -0.39 is 21.8 Å². The average Bonchev–Trinajstić information content (AvgIpc) is 3.33. The van der Waals surface area contributed by atoms with Crippen LogP contribution in [0.2, 0.25) is 0 Å². The number of hydrogen-bond acceptors (Lipinski definition) is 8. The third-order valence-electron chi connectivity index (χ3n) is 6.68. The summed E-state index contributed by atoms with van der Waals surface area (Å²) >= 11 is 0. The number of aryl methyl sites for hydroxylation is 2. The zero-order valence-electron chi connectivity index (χ0n) is 22.1. The summed E-state index contributed by atoms with van der Waals surface area (Å²) in [4.78, 5) is 12.6. The number of aromatic nitrogens is 4. The van der Waals surface area contributed by atoms with Gasteiger partial charge < -0.3 is 15.2 Å². The molecule has 210 valence electrons. The Morgan fingerprint density at radius 1 is 1.07 bits per heavy atom. The molecule has 2 atom stereocenters. The summed E-state index contributed by atoms with van der Waals surface area (Å²) in [6.45, 7) is 3.36. The van der Waals surface area contributed by atoms with Crippen LogP contribution in [0.4, 0.5) is 5.69 Å². The van der Waals surface area contributed by atoms with Crippen molar-refractivity contribution in [3.8, 4) is 11.4 Å². The molecule has 1 aliphatic rings. The zero-order chi connectivity index (χ0) is 28.1. The van der Waals surface area contributed by atoms with Gasteiger partial charge in [0.1, 0.15) is 11.9 Å². The van der Waals surface area contributed by atoms with Gasteiger partial charge in [-0.05, 0) is 77.2 Å². The molecule has 0 spiro atoms. The topological polar surface area (TPSA) is 140 Å². The normalized spacial score (nSPS) is 15.7. The second-order valence-corrected chi connectivity index (χ2v) is 11.4. The Labute approximate surface area is 232 Å². The van der Waals surface area contributed by atoms with E-state index in [0.29, 0.717) is 49.6 Å². The lowest BCUT2D eigenvalue weighted by Crippen LogP contribution is -2.36. The standard InChI is InChI=1S/C28H32N6O5S/c1-2-15-33-28(36)34(32-31-33)23-10-6-9-22(17-23)30-40(37,38)25-13-14-27-21(16-25)11-12-24(39-27)18-29-19-26(35)20-7-4-3-5-8-20/h3-10,13-14,16-17,24,26,29-30,35H,2,11-12,15,18-19H2,1H3. The summed E-state index contributed by atoms with van der Waals surface area (Å²) in [6.07, 6.45) is 1.43. The number of tetrazole rings is 1. The predicted octanol–water partition coefficient (Wildman–Crippen LogP) is 2.66. The van der Waals surface area contributed by atoms with Crippen LogP contribution in [-0.2, 0) is 23.0 Å². The molecule has 40 heavy (non-hydrogen) atoms. The van der Waals surface area contributed by atoms with Gasteiger partial charge in [0.25, 0.3) is 10.0 Å². The molecular formula is C28H32N6O5S. The van der Waals surface area contributed by atoms with Crippen LogP contribution >= 0.6 is 0 Å². The average molecular weight is 565 g/mol. The molecule has 11 nitrogen and oxygen atoms in total. The van der Waals surface area contributed by atoms with E-state index in [0.717, 1.165) is 22.2 Å². The summed E-state index contributed by atoms with van der Waals surface area (Å²) in [5.41, 5.74) is 1.98. The number of aliphatic hydroxyl groups is 1. The zero-order valence-corrected chi connectivity index (χ0v) is 22.9. The first-order valence-corrected chi connectivity index (χ1v) is 14.7. The maximum Gasteiger partial charge on any atom is 0.368 e. The van der Waals surface area contributed by atoms with Crippen LogP contribution in [0, 0.1) is 0 Å². The highest BCUT2D eigenvalue weighted by molar-refractivity contribution is 7.92. The van der Waals surface area contributed by atoms with Crippen LogP contribution in [0.25, 0.3) is 5.69 Å². The summed E-state index contributed by atoms with van der Waals surface area (Å²) in [5, 5.41) is 21.4. The summed E-state index contributed by atoms with van der Waals surface area (Å²) < 4.78 is 37.5. The van der Waals surface area contributed by atoms with Gasteiger partial charge in [-0.25, -0.2) is 13.2 Å². The van der Waals surface area contributed by atoms with Crippen LogP contribution in [0.3, 0.4) is 0 Å². The van der Waals surface area contributed by atoms with Crippen molar-refractivity contribution in [2.75, 3.05) is 17.8 Å². The minimum Gasteiger partial charge on any atom is -0.489 e. The van der Waals surface area contributed by atoms with Gasteiger partial charge >= 0.3 is 5.69 Å². The molecule has 0 fully saturated rings. The van der Waals surface area contributed by atoms with Gasteiger partial charge in [-0.15, -0.1) is 0 Å².